The SMILES string of the molecule is CC=Cc1ccc2nc(Cn3cc(C(=O)O)cn3)cn2c1. The van der Waals surface area contributed by atoms with Crippen molar-refractivity contribution < 1.29 is 9.90 Å². The Hall–Kier alpha value is -2.89. The van der Waals surface area contributed by atoms with Crippen molar-refractivity contribution in [3.8, 4) is 0 Å². The Morgan fingerprint density at radius 1 is 1.33 bits per heavy atom. The first-order chi connectivity index (χ1) is 10.2. The minimum atomic E-state index is -0.979. The van der Waals surface area contributed by atoms with Crippen molar-refractivity contribution in [3.05, 3.63) is 59.8 Å². The average Bonchev–Trinajstić information content (AvgIpc) is 3.05. The van der Waals surface area contributed by atoms with Crippen LogP contribution in [0.15, 0.2) is 43.0 Å². The third-order valence-corrected chi connectivity index (χ3v) is 3.09. The third-order valence-electron chi connectivity index (χ3n) is 3.09. The van der Waals surface area contributed by atoms with Crippen LogP contribution in [0.5, 0.6) is 0 Å². The van der Waals surface area contributed by atoms with E-state index in [0.717, 1.165) is 16.9 Å². The first kappa shape index (κ1) is 13.1. The molecule has 1 N–H and O–H groups in total. The Labute approximate surface area is 121 Å². The monoisotopic (exact) mass is 282 g/mol. The molecule has 0 aromatic carbocycles. The van der Waals surface area contributed by atoms with Crippen LogP contribution < -0.4 is 0 Å². The molecule has 6 nitrogen and oxygen atoms in total. The number of allylic oxidation sites excluding steroid dienone is 1. The van der Waals surface area contributed by atoms with Crippen molar-refractivity contribution in [2.75, 3.05) is 0 Å². The molecule has 21 heavy (non-hydrogen) atoms. The van der Waals surface area contributed by atoms with Gasteiger partial charge in [0.1, 0.15) is 5.65 Å². The zero-order chi connectivity index (χ0) is 14.8. The van der Waals surface area contributed by atoms with Crippen molar-refractivity contribution >= 4 is 17.7 Å². The van der Waals surface area contributed by atoms with E-state index < -0.39 is 5.97 Å². The van der Waals surface area contributed by atoms with Crippen LogP contribution in [-0.4, -0.2) is 30.2 Å². The summed E-state index contributed by atoms with van der Waals surface area (Å²) < 4.78 is 3.52. The number of imidazole rings is 1. The highest BCUT2D eigenvalue weighted by molar-refractivity contribution is 5.86. The molecular formula is C15H14N4O2. The molecule has 0 aliphatic rings. The fourth-order valence-corrected chi connectivity index (χ4v) is 2.16. The molecule has 3 aromatic heterocycles. The number of carboxylic acid groups (broad SMARTS) is 1. The van der Waals surface area contributed by atoms with Gasteiger partial charge in [-0.25, -0.2) is 9.78 Å². The van der Waals surface area contributed by atoms with E-state index in [4.69, 9.17) is 5.11 Å². The van der Waals surface area contributed by atoms with E-state index in [1.807, 2.05) is 48.0 Å². The molecule has 3 rings (SSSR count). The van der Waals surface area contributed by atoms with Crippen molar-refractivity contribution in [1.29, 1.82) is 0 Å². The van der Waals surface area contributed by atoms with Crippen molar-refractivity contribution in [3.63, 3.8) is 0 Å². The molecule has 0 aliphatic carbocycles. The van der Waals surface area contributed by atoms with E-state index >= 15 is 0 Å². The van der Waals surface area contributed by atoms with Crippen molar-refractivity contribution in [2.45, 2.75) is 13.5 Å². The quantitative estimate of drug-likeness (QED) is 0.797. The summed E-state index contributed by atoms with van der Waals surface area (Å²) in [6, 6.07) is 3.95. The van der Waals surface area contributed by atoms with Crippen molar-refractivity contribution in [2.24, 2.45) is 0 Å². The number of nitrogens with zero attached hydrogens (tertiary/aromatic N) is 4. The Morgan fingerprint density at radius 2 is 2.19 bits per heavy atom. The van der Waals surface area contributed by atoms with E-state index in [-0.39, 0.29) is 5.56 Å². The molecule has 0 radical (unpaired) electrons. The van der Waals surface area contributed by atoms with Crippen LogP contribution in [-0.2, 0) is 6.54 Å². The fourth-order valence-electron chi connectivity index (χ4n) is 2.16. The maximum absolute atomic E-state index is 10.8. The van der Waals surface area contributed by atoms with Crippen LogP contribution in [0.25, 0.3) is 11.7 Å². The molecule has 3 heterocycles. The second kappa shape index (κ2) is 5.24. The Balaban J connectivity index is 1.88. The number of hydrogen-bond donors (Lipinski definition) is 1. The zero-order valence-electron chi connectivity index (χ0n) is 11.5. The second-order valence-electron chi connectivity index (χ2n) is 4.69. The molecule has 0 amide bonds. The summed E-state index contributed by atoms with van der Waals surface area (Å²) in [5, 5.41) is 12.9. The van der Waals surface area contributed by atoms with Gasteiger partial charge in [0, 0.05) is 18.6 Å². The molecule has 0 spiro atoms. The van der Waals surface area contributed by atoms with Crippen LogP contribution in [0.3, 0.4) is 0 Å². The molecule has 0 unspecified atom stereocenters. The summed E-state index contributed by atoms with van der Waals surface area (Å²) in [6.07, 6.45) is 10.8. The smallest absolute Gasteiger partial charge is 0.338 e. The average molecular weight is 282 g/mol. The molecule has 0 saturated heterocycles. The van der Waals surface area contributed by atoms with Crippen LogP contribution in [0, 0.1) is 0 Å². The Kier molecular flexibility index (Phi) is 3.27. The first-order valence-electron chi connectivity index (χ1n) is 6.52. The van der Waals surface area contributed by atoms with E-state index in [2.05, 4.69) is 10.1 Å². The molecular weight excluding hydrogens is 268 g/mol. The highest BCUT2D eigenvalue weighted by atomic mass is 16.4. The molecule has 0 atom stereocenters. The van der Waals surface area contributed by atoms with Gasteiger partial charge in [-0.05, 0) is 24.6 Å². The van der Waals surface area contributed by atoms with Crippen LogP contribution >= 0.6 is 0 Å². The standard InChI is InChI=1S/C15H14N4O2/c1-2-3-11-4-5-14-17-13(9-18(14)7-11)10-19-8-12(6-16-19)15(20)21/h2-9H,10H2,1H3,(H,20,21). The highest BCUT2D eigenvalue weighted by Gasteiger charge is 2.08. The summed E-state index contributed by atoms with van der Waals surface area (Å²) >= 11 is 0. The maximum atomic E-state index is 10.8. The van der Waals surface area contributed by atoms with Gasteiger partial charge in [0.25, 0.3) is 0 Å². The molecule has 0 fully saturated rings. The minimum Gasteiger partial charge on any atom is -0.478 e. The van der Waals surface area contributed by atoms with Gasteiger partial charge in [0.2, 0.25) is 0 Å². The summed E-state index contributed by atoms with van der Waals surface area (Å²) in [6.45, 7) is 2.41. The molecule has 0 bridgehead atoms. The van der Waals surface area contributed by atoms with Crippen molar-refractivity contribution in [1.82, 2.24) is 19.2 Å². The number of carbonyl (C=O) groups is 1. The third kappa shape index (κ3) is 2.69. The van der Waals surface area contributed by atoms with E-state index in [9.17, 15) is 4.79 Å². The van der Waals surface area contributed by atoms with Gasteiger partial charge in [-0.2, -0.15) is 5.10 Å². The lowest BCUT2D eigenvalue weighted by Gasteiger charge is -1.95. The number of fused-ring (bicyclic) bond motifs is 1. The van der Waals surface area contributed by atoms with Gasteiger partial charge >= 0.3 is 5.97 Å². The predicted octanol–water partition coefficient (Wildman–Crippen LogP) is 2.31. The minimum absolute atomic E-state index is 0.175. The summed E-state index contributed by atoms with van der Waals surface area (Å²) in [5.41, 5.74) is 2.95. The van der Waals surface area contributed by atoms with Crippen LogP contribution in [0.4, 0.5) is 0 Å². The normalized spacial score (nSPS) is 11.5. The second-order valence-corrected chi connectivity index (χ2v) is 4.69. The maximum Gasteiger partial charge on any atom is 0.338 e. The van der Waals surface area contributed by atoms with E-state index in [1.165, 1.54) is 12.4 Å². The lowest BCUT2D eigenvalue weighted by Crippen LogP contribution is -2.00. The topological polar surface area (TPSA) is 72.4 Å². The fraction of sp³-hybridized carbons (Fsp3) is 0.133. The van der Waals surface area contributed by atoms with E-state index in [0.29, 0.717) is 6.54 Å². The lowest BCUT2D eigenvalue weighted by molar-refractivity contribution is 0.0697. The lowest BCUT2D eigenvalue weighted by atomic mass is 10.2. The largest absolute Gasteiger partial charge is 0.478 e. The van der Waals surface area contributed by atoms with Gasteiger partial charge in [-0.3, -0.25) is 4.68 Å². The van der Waals surface area contributed by atoms with E-state index in [1.54, 1.807) is 4.68 Å². The van der Waals surface area contributed by atoms with Gasteiger partial charge in [0.15, 0.2) is 0 Å². The van der Waals surface area contributed by atoms with Gasteiger partial charge in [-0.1, -0.05) is 12.2 Å². The number of aromatic nitrogens is 4. The molecule has 106 valence electrons. The number of carboxylic acids is 1. The molecule has 3 aromatic rings. The van der Waals surface area contributed by atoms with Crippen LogP contribution in [0.1, 0.15) is 28.5 Å². The van der Waals surface area contributed by atoms with Gasteiger partial charge in [-0.15, -0.1) is 0 Å². The summed E-state index contributed by atoms with van der Waals surface area (Å²) in [7, 11) is 0. The zero-order valence-corrected chi connectivity index (χ0v) is 11.5. The summed E-state index contributed by atoms with van der Waals surface area (Å²) in [4.78, 5) is 15.3. The Bertz CT molecular complexity index is 829. The van der Waals surface area contributed by atoms with Gasteiger partial charge in [0.05, 0.1) is 24.0 Å². The number of rotatable bonds is 4. The van der Waals surface area contributed by atoms with Gasteiger partial charge < -0.3 is 9.51 Å². The number of aromatic carboxylic acids is 1. The molecule has 6 heteroatoms. The number of pyridine rings is 1. The molecule has 0 aliphatic heterocycles. The highest BCUT2D eigenvalue weighted by Crippen LogP contribution is 2.10. The summed E-state index contributed by atoms with van der Waals surface area (Å²) in [5.74, 6) is -0.979. The number of hydrogen-bond acceptors (Lipinski definition) is 3. The van der Waals surface area contributed by atoms with Crippen LogP contribution in [0.2, 0.25) is 0 Å². The first-order valence-corrected chi connectivity index (χ1v) is 6.52. The Morgan fingerprint density at radius 3 is 2.90 bits per heavy atom. The molecule has 0 saturated carbocycles. The predicted molar refractivity (Wildman–Crippen MR) is 78.2 cm³/mol.